The Morgan fingerprint density at radius 3 is 2.61 bits per heavy atom. The molecule has 9 heteroatoms. The zero-order valence-corrected chi connectivity index (χ0v) is 19.3. The lowest BCUT2D eigenvalue weighted by Gasteiger charge is -2.36. The number of likely N-dealkylation sites (tertiary alicyclic amines) is 1. The molecule has 0 bridgehead atoms. The second-order valence-electron chi connectivity index (χ2n) is 8.24. The Kier molecular flexibility index (Phi) is 6.78. The molecule has 0 radical (unpaired) electrons. The van der Waals surface area contributed by atoms with Crippen LogP contribution in [0.2, 0.25) is 0 Å². The molecule has 33 heavy (non-hydrogen) atoms. The Morgan fingerprint density at radius 2 is 1.85 bits per heavy atom. The fraction of sp³-hybridized carbons (Fsp3) is 0.375. The van der Waals surface area contributed by atoms with Gasteiger partial charge in [0.2, 0.25) is 5.91 Å². The van der Waals surface area contributed by atoms with Crippen LogP contribution in [0.1, 0.15) is 30.4 Å². The Bertz CT molecular complexity index is 1160. The maximum Gasteiger partial charge on any atom is 0.307 e. The monoisotopic (exact) mass is 469 g/mol. The zero-order valence-electron chi connectivity index (χ0n) is 18.5. The van der Waals surface area contributed by atoms with E-state index < -0.39 is 10.0 Å². The van der Waals surface area contributed by atoms with Gasteiger partial charge in [0.15, 0.2) is 5.84 Å². The van der Waals surface area contributed by atoms with Crippen molar-refractivity contribution < 1.29 is 22.7 Å². The van der Waals surface area contributed by atoms with Gasteiger partial charge < -0.3 is 14.5 Å². The summed E-state index contributed by atoms with van der Waals surface area (Å²) in [5.41, 5.74) is 1.56. The van der Waals surface area contributed by atoms with Crippen molar-refractivity contribution in [3.8, 4) is 0 Å². The highest BCUT2D eigenvalue weighted by Crippen LogP contribution is 2.30. The summed E-state index contributed by atoms with van der Waals surface area (Å²) in [5.74, 6) is -0.332. The maximum atomic E-state index is 13.5. The van der Waals surface area contributed by atoms with Crippen molar-refractivity contribution in [3.05, 3.63) is 65.7 Å². The smallest absolute Gasteiger partial charge is 0.307 e. The van der Waals surface area contributed by atoms with Gasteiger partial charge in [0.1, 0.15) is 4.90 Å². The first-order valence-corrected chi connectivity index (χ1v) is 12.4. The third kappa shape index (κ3) is 5.08. The molecule has 2 heterocycles. The van der Waals surface area contributed by atoms with Gasteiger partial charge >= 0.3 is 5.97 Å². The Balaban J connectivity index is 1.53. The normalized spacial score (nSPS) is 18.9. The number of nitrogens with zero attached hydrogens (tertiary/aromatic N) is 3. The lowest BCUT2D eigenvalue weighted by Crippen LogP contribution is -2.47. The molecule has 2 aromatic rings. The fourth-order valence-electron chi connectivity index (χ4n) is 4.35. The van der Waals surface area contributed by atoms with Crippen LogP contribution in [0.15, 0.2) is 63.9 Å². The van der Waals surface area contributed by atoms with Crippen molar-refractivity contribution in [2.45, 2.75) is 30.7 Å². The number of fused-ring (bicyclic) bond motifs is 1. The molecule has 2 aliphatic rings. The van der Waals surface area contributed by atoms with E-state index in [1.165, 1.54) is 7.11 Å². The van der Waals surface area contributed by atoms with Gasteiger partial charge in [-0.3, -0.25) is 9.59 Å². The summed E-state index contributed by atoms with van der Waals surface area (Å²) >= 11 is 0. The minimum atomic E-state index is -3.72. The van der Waals surface area contributed by atoms with Crippen LogP contribution in [0.5, 0.6) is 0 Å². The summed E-state index contributed by atoms with van der Waals surface area (Å²) < 4.78 is 33.7. The Labute approximate surface area is 193 Å². The molecule has 0 aliphatic carbocycles. The van der Waals surface area contributed by atoms with Gasteiger partial charge in [0.05, 0.1) is 19.4 Å². The van der Waals surface area contributed by atoms with Crippen molar-refractivity contribution in [3.63, 3.8) is 0 Å². The topological polar surface area (TPSA) is 96.3 Å². The van der Waals surface area contributed by atoms with Crippen LogP contribution >= 0.6 is 0 Å². The lowest BCUT2D eigenvalue weighted by molar-refractivity contribution is -0.143. The molecule has 8 nitrogen and oxygen atoms in total. The first-order chi connectivity index (χ1) is 15.9. The van der Waals surface area contributed by atoms with Crippen molar-refractivity contribution in [2.24, 2.45) is 10.3 Å². The van der Waals surface area contributed by atoms with Crippen LogP contribution in [0, 0.1) is 5.92 Å². The van der Waals surface area contributed by atoms with Crippen LogP contribution in [-0.2, 0) is 30.9 Å². The van der Waals surface area contributed by atoms with Crippen LogP contribution in [0.4, 0.5) is 0 Å². The van der Waals surface area contributed by atoms with Gasteiger partial charge in [0, 0.05) is 31.7 Å². The van der Waals surface area contributed by atoms with Gasteiger partial charge in [0.25, 0.3) is 10.0 Å². The van der Waals surface area contributed by atoms with E-state index in [2.05, 4.69) is 4.40 Å². The van der Waals surface area contributed by atoms with E-state index >= 15 is 0 Å². The van der Waals surface area contributed by atoms with Crippen LogP contribution in [0.3, 0.4) is 0 Å². The van der Waals surface area contributed by atoms with E-state index in [4.69, 9.17) is 4.74 Å². The molecule has 4 rings (SSSR count). The number of methoxy groups -OCH3 is 1. The summed E-state index contributed by atoms with van der Waals surface area (Å²) in [5, 5.41) is 0. The molecular weight excluding hydrogens is 442 g/mol. The number of amidine groups is 1. The number of carbonyl (C=O) groups is 2. The molecule has 174 valence electrons. The molecular formula is C24H27N3O5S. The molecule has 1 unspecified atom stereocenters. The zero-order chi connectivity index (χ0) is 23.4. The van der Waals surface area contributed by atoms with Gasteiger partial charge in [-0.25, -0.2) is 0 Å². The number of rotatable bonds is 6. The van der Waals surface area contributed by atoms with E-state index in [1.54, 1.807) is 29.2 Å². The standard InChI is InChI=1S/C24H27N3O5S/c1-32-22(28)13-15-27(16-18-8-3-2-4-9-18)24(29)19-10-7-14-26(17-19)23-20-11-5-6-12-21(20)33(30,31)25-23/h2-6,8-9,11-12,19H,7,10,13-17H2,1H3. The molecule has 0 saturated carbocycles. The van der Waals surface area contributed by atoms with Gasteiger partial charge in [-0.05, 0) is 30.5 Å². The highest BCUT2D eigenvalue weighted by atomic mass is 32.2. The summed E-state index contributed by atoms with van der Waals surface area (Å²) in [6.07, 6.45) is 1.55. The van der Waals surface area contributed by atoms with Gasteiger partial charge in [-0.2, -0.15) is 8.42 Å². The second-order valence-corrected chi connectivity index (χ2v) is 9.82. The van der Waals surface area contributed by atoms with Crippen LogP contribution in [0.25, 0.3) is 0 Å². The van der Waals surface area contributed by atoms with Crippen molar-refractivity contribution in [2.75, 3.05) is 26.7 Å². The molecule has 2 aliphatic heterocycles. The quantitative estimate of drug-likeness (QED) is 0.603. The third-order valence-electron chi connectivity index (χ3n) is 6.02. The Hall–Kier alpha value is -3.20. The van der Waals surface area contributed by atoms with Crippen molar-refractivity contribution in [1.82, 2.24) is 9.80 Å². The lowest BCUT2D eigenvalue weighted by atomic mass is 9.95. The largest absolute Gasteiger partial charge is 0.469 e. The summed E-state index contributed by atoms with van der Waals surface area (Å²) in [4.78, 5) is 29.1. The van der Waals surface area contributed by atoms with Gasteiger partial charge in [-0.1, -0.05) is 42.5 Å². The summed E-state index contributed by atoms with van der Waals surface area (Å²) in [7, 11) is -2.39. The predicted molar refractivity (Wildman–Crippen MR) is 123 cm³/mol. The number of benzene rings is 2. The SMILES string of the molecule is COC(=O)CCN(Cc1ccccc1)C(=O)C1CCCN(C2=NS(=O)(=O)c3ccccc32)C1. The minimum Gasteiger partial charge on any atom is -0.469 e. The summed E-state index contributed by atoms with van der Waals surface area (Å²) in [6.45, 7) is 1.67. The number of esters is 1. The molecule has 0 spiro atoms. The van der Waals surface area contributed by atoms with Crippen LogP contribution in [-0.4, -0.2) is 62.7 Å². The number of hydrogen-bond acceptors (Lipinski definition) is 6. The maximum absolute atomic E-state index is 13.5. The van der Waals surface area contributed by atoms with Gasteiger partial charge in [-0.15, -0.1) is 4.40 Å². The molecule has 0 N–H and O–H groups in total. The number of carbonyl (C=O) groups excluding carboxylic acids is 2. The number of sulfonamides is 1. The van der Waals surface area contributed by atoms with Crippen molar-refractivity contribution >= 4 is 27.7 Å². The van der Waals surface area contributed by atoms with E-state index in [-0.39, 0.29) is 35.7 Å². The predicted octanol–water partition coefficient (Wildman–Crippen LogP) is 2.44. The minimum absolute atomic E-state index is 0.0535. The third-order valence-corrected chi connectivity index (χ3v) is 7.35. The van der Waals surface area contributed by atoms with Crippen LogP contribution < -0.4 is 0 Å². The molecule has 1 atom stereocenters. The first-order valence-electron chi connectivity index (χ1n) is 11.0. The molecule has 1 saturated heterocycles. The second kappa shape index (κ2) is 9.74. The molecule has 2 aromatic carbocycles. The number of piperidine rings is 1. The average molecular weight is 470 g/mol. The molecule has 0 aromatic heterocycles. The average Bonchev–Trinajstić information content (AvgIpc) is 3.12. The number of ether oxygens (including phenoxy) is 1. The number of amides is 1. The van der Waals surface area contributed by atoms with E-state index in [0.717, 1.165) is 12.0 Å². The van der Waals surface area contributed by atoms with Crippen molar-refractivity contribution in [1.29, 1.82) is 0 Å². The highest BCUT2D eigenvalue weighted by molar-refractivity contribution is 7.90. The molecule has 1 amide bonds. The number of hydrogen-bond donors (Lipinski definition) is 0. The van der Waals surface area contributed by atoms with E-state index in [1.807, 2.05) is 35.2 Å². The molecule has 1 fully saturated rings. The first kappa shape index (κ1) is 23.0. The Morgan fingerprint density at radius 1 is 1.12 bits per heavy atom. The van der Waals surface area contributed by atoms with E-state index in [0.29, 0.717) is 37.5 Å². The highest BCUT2D eigenvalue weighted by Gasteiger charge is 2.36. The fourth-order valence-corrected chi connectivity index (χ4v) is 5.57. The summed E-state index contributed by atoms with van der Waals surface area (Å²) in [6, 6.07) is 16.4. The van der Waals surface area contributed by atoms with E-state index in [9.17, 15) is 18.0 Å².